The lowest BCUT2D eigenvalue weighted by molar-refractivity contribution is -0.123. The maximum atomic E-state index is 12.4. The van der Waals surface area contributed by atoms with Crippen LogP contribution >= 0.6 is 0 Å². The maximum Gasteiger partial charge on any atom is 0.357 e. The van der Waals surface area contributed by atoms with Gasteiger partial charge in [0, 0.05) is 13.0 Å². The number of rotatable bonds is 5. The van der Waals surface area contributed by atoms with Gasteiger partial charge in [-0.1, -0.05) is 18.2 Å². The van der Waals surface area contributed by atoms with Crippen LogP contribution in [-0.2, 0) is 9.53 Å². The second-order valence-corrected chi connectivity index (χ2v) is 5.68. The van der Waals surface area contributed by atoms with Gasteiger partial charge in [0.25, 0.3) is 5.91 Å². The van der Waals surface area contributed by atoms with Crippen molar-refractivity contribution in [1.29, 1.82) is 0 Å². The summed E-state index contributed by atoms with van der Waals surface area (Å²) in [6.45, 7) is -0.551. The van der Waals surface area contributed by atoms with Crippen LogP contribution in [0.5, 0.6) is 0 Å². The van der Waals surface area contributed by atoms with E-state index in [0.29, 0.717) is 5.92 Å². The smallest absolute Gasteiger partial charge is 0.357 e. The zero-order valence-corrected chi connectivity index (χ0v) is 13.7. The number of hydrogen-bond acceptors (Lipinski definition) is 5. The number of aromatic nitrogens is 2. The Kier molecular flexibility index (Phi) is 4.78. The van der Waals surface area contributed by atoms with Gasteiger partial charge in [-0.25, -0.2) is 14.3 Å². The number of para-hydroxylation sites is 1. The van der Waals surface area contributed by atoms with Gasteiger partial charge in [-0.3, -0.25) is 10.1 Å². The molecule has 1 aliphatic carbocycles. The summed E-state index contributed by atoms with van der Waals surface area (Å²) in [5, 5.41) is 8.77. The van der Waals surface area contributed by atoms with E-state index in [4.69, 9.17) is 4.74 Å². The molecule has 1 aliphatic rings. The molecular formula is C17H18N4O4. The molecule has 0 radical (unpaired) electrons. The highest BCUT2D eigenvalue weighted by atomic mass is 16.5. The van der Waals surface area contributed by atoms with E-state index in [0.717, 1.165) is 24.2 Å². The fraction of sp³-hybridized carbons (Fsp3) is 0.294. The molecule has 1 aromatic carbocycles. The molecule has 25 heavy (non-hydrogen) atoms. The van der Waals surface area contributed by atoms with Crippen LogP contribution in [0.2, 0.25) is 0 Å². The summed E-state index contributed by atoms with van der Waals surface area (Å²) < 4.78 is 6.54. The Bertz CT molecular complexity index is 796. The van der Waals surface area contributed by atoms with E-state index >= 15 is 0 Å². The van der Waals surface area contributed by atoms with E-state index in [2.05, 4.69) is 10.4 Å². The first kappa shape index (κ1) is 16.7. The Morgan fingerprint density at radius 1 is 1.24 bits per heavy atom. The molecule has 1 aromatic heterocycles. The number of carbonyl (C=O) groups excluding carboxylic acids is 3. The third kappa shape index (κ3) is 4.03. The summed E-state index contributed by atoms with van der Waals surface area (Å²) in [5.41, 5.74) is 1.82. The zero-order valence-electron chi connectivity index (χ0n) is 13.7. The van der Waals surface area contributed by atoms with Gasteiger partial charge in [-0.05, 0) is 31.0 Å². The Balaban J connectivity index is 1.75. The molecule has 0 unspecified atom stereocenters. The molecule has 1 heterocycles. The summed E-state index contributed by atoms with van der Waals surface area (Å²) in [7, 11) is 1.38. The van der Waals surface area contributed by atoms with Crippen molar-refractivity contribution in [2.45, 2.75) is 18.8 Å². The molecule has 130 valence electrons. The van der Waals surface area contributed by atoms with Gasteiger partial charge < -0.3 is 10.1 Å². The lowest BCUT2D eigenvalue weighted by Gasteiger charge is -2.08. The SMILES string of the molecule is CNC(=O)NC(=O)COC(=O)c1cc(C2CC2)nn1-c1ccccc1. The van der Waals surface area contributed by atoms with Gasteiger partial charge in [-0.15, -0.1) is 0 Å². The fourth-order valence-corrected chi connectivity index (χ4v) is 2.32. The van der Waals surface area contributed by atoms with Crippen molar-refractivity contribution in [3.05, 3.63) is 47.8 Å². The minimum atomic E-state index is -0.708. The summed E-state index contributed by atoms with van der Waals surface area (Å²) in [5.74, 6) is -1.01. The maximum absolute atomic E-state index is 12.4. The Morgan fingerprint density at radius 2 is 1.96 bits per heavy atom. The van der Waals surface area contributed by atoms with E-state index in [9.17, 15) is 14.4 Å². The number of nitrogens with one attached hydrogen (secondary N) is 2. The van der Waals surface area contributed by atoms with Crippen LogP contribution in [0, 0.1) is 0 Å². The van der Waals surface area contributed by atoms with Crippen LogP contribution in [0.4, 0.5) is 4.79 Å². The molecule has 0 atom stereocenters. The number of carbonyl (C=O) groups is 3. The first-order chi connectivity index (χ1) is 12.1. The van der Waals surface area contributed by atoms with Crippen LogP contribution in [0.15, 0.2) is 36.4 Å². The van der Waals surface area contributed by atoms with Crippen molar-refractivity contribution in [1.82, 2.24) is 20.4 Å². The molecule has 3 amide bonds. The van der Waals surface area contributed by atoms with Gasteiger partial charge in [0.15, 0.2) is 12.3 Å². The number of nitrogens with zero attached hydrogens (tertiary/aromatic N) is 2. The Labute approximate surface area is 144 Å². The Morgan fingerprint density at radius 3 is 2.60 bits per heavy atom. The number of amides is 3. The molecule has 0 spiro atoms. The number of urea groups is 1. The topological polar surface area (TPSA) is 102 Å². The summed E-state index contributed by atoms with van der Waals surface area (Å²) >= 11 is 0. The summed E-state index contributed by atoms with van der Waals surface area (Å²) in [6.07, 6.45) is 2.10. The van der Waals surface area contributed by atoms with E-state index in [1.807, 2.05) is 35.6 Å². The molecule has 8 heteroatoms. The molecule has 8 nitrogen and oxygen atoms in total. The highest BCUT2D eigenvalue weighted by Gasteiger charge is 2.29. The van der Waals surface area contributed by atoms with Crippen LogP contribution in [0.3, 0.4) is 0 Å². The van der Waals surface area contributed by atoms with Gasteiger partial charge in [-0.2, -0.15) is 5.10 Å². The van der Waals surface area contributed by atoms with Crippen LogP contribution in [-0.4, -0.2) is 41.3 Å². The quantitative estimate of drug-likeness (QED) is 0.799. The predicted molar refractivity (Wildman–Crippen MR) is 88.4 cm³/mol. The normalized spacial score (nSPS) is 13.2. The standard InChI is InChI=1S/C17H18N4O4/c1-18-17(24)19-15(22)10-25-16(23)14-9-13(11-7-8-11)20-21(14)12-5-3-2-4-6-12/h2-6,9,11H,7-8,10H2,1H3,(H2,18,19,22,24). The second-order valence-electron chi connectivity index (χ2n) is 5.68. The minimum absolute atomic E-state index is 0.251. The molecule has 1 saturated carbocycles. The average molecular weight is 342 g/mol. The van der Waals surface area contributed by atoms with E-state index in [1.165, 1.54) is 11.7 Å². The number of ether oxygens (including phenoxy) is 1. The molecular weight excluding hydrogens is 324 g/mol. The van der Waals surface area contributed by atoms with Gasteiger partial charge in [0.2, 0.25) is 0 Å². The van der Waals surface area contributed by atoms with Crippen LogP contribution < -0.4 is 10.6 Å². The average Bonchev–Trinajstić information content (AvgIpc) is 3.38. The number of hydrogen-bond donors (Lipinski definition) is 2. The van der Waals surface area contributed by atoms with Crippen LogP contribution in [0.1, 0.15) is 34.9 Å². The van der Waals surface area contributed by atoms with Crippen molar-refractivity contribution in [2.75, 3.05) is 13.7 Å². The molecule has 1 fully saturated rings. The van der Waals surface area contributed by atoms with Crippen molar-refractivity contribution in [3.8, 4) is 5.69 Å². The molecule has 0 aliphatic heterocycles. The second kappa shape index (κ2) is 7.16. The van der Waals surface area contributed by atoms with Crippen LogP contribution in [0.25, 0.3) is 5.69 Å². The van der Waals surface area contributed by atoms with Gasteiger partial charge in [0.05, 0.1) is 11.4 Å². The van der Waals surface area contributed by atoms with Gasteiger partial charge in [0.1, 0.15) is 0 Å². The first-order valence-corrected chi connectivity index (χ1v) is 7.92. The number of esters is 1. The predicted octanol–water partition coefficient (Wildman–Crippen LogP) is 1.36. The molecule has 2 aromatic rings. The number of benzene rings is 1. The van der Waals surface area contributed by atoms with Crippen molar-refractivity contribution < 1.29 is 19.1 Å². The highest BCUT2D eigenvalue weighted by Crippen LogP contribution is 2.39. The van der Waals surface area contributed by atoms with E-state index in [-0.39, 0.29) is 5.69 Å². The first-order valence-electron chi connectivity index (χ1n) is 7.92. The van der Waals surface area contributed by atoms with Crippen molar-refractivity contribution >= 4 is 17.9 Å². The highest BCUT2D eigenvalue weighted by molar-refractivity contribution is 5.96. The molecule has 3 rings (SSSR count). The van der Waals surface area contributed by atoms with Crippen molar-refractivity contribution in [2.24, 2.45) is 0 Å². The lowest BCUT2D eigenvalue weighted by Crippen LogP contribution is -2.39. The lowest BCUT2D eigenvalue weighted by atomic mass is 10.2. The minimum Gasteiger partial charge on any atom is -0.451 e. The summed E-state index contributed by atoms with van der Waals surface area (Å²) in [4.78, 5) is 35.0. The van der Waals surface area contributed by atoms with E-state index < -0.39 is 24.5 Å². The third-order valence-corrected chi connectivity index (χ3v) is 3.75. The van der Waals surface area contributed by atoms with E-state index in [1.54, 1.807) is 6.07 Å². The van der Waals surface area contributed by atoms with Gasteiger partial charge >= 0.3 is 12.0 Å². The molecule has 0 bridgehead atoms. The summed E-state index contributed by atoms with van der Waals surface area (Å²) in [6, 6.07) is 10.3. The molecule has 0 saturated heterocycles. The number of imide groups is 1. The fourth-order valence-electron chi connectivity index (χ4n) is 2.32. The van der Waals surface area contributed by atoms with Crippen molar-refractivity contribution in [3.63, 3.8) is 0 Å². The molecule has 2 N–H and O–H groups in total. The zero-order chi connectivity index (χ0) is 17.8. The monoisotopic (exact) mass is 342 g/mol. The third-order valence-electron chi connectivity index (χ3n) is 3.75. The Hall–Kier alpha value is -3.16. The largest absolute Gasteiger partial charge is 0.451 e.